The molecule has 2 aliphatic heterocycles. The summed E-state index contributed by atoms with van der Waals surface area (Å²) in [5.74, 6) is 1.91. The first-order chi connectivity index (χ1) is 18.0. The van der Waals surface area contributed by atoms with Gasteiger partial charge < -0.3 is 20.2 Å². The Labute approximate surface area is 216 Å². The van der Waals surface area contributed by atoms with Crippen LogP contribution in [0.1, 0.15) is 74.5 Å². The standard InChI is InChI=1S/C29H31N7O/c1-29(2)20-13-17(7-9-19(20)25-26(29)35-28(34-25)24-6-4-12-36(24)16-37)21-10-8-18(14-31-21)23-15-32-27(33-23)22-5-3-11-30-22/h7-10,13-16,22,24,30H,3-6,11-12H2,1-2H3,(H,32,33)(H,34,35)/t22-,24-/m0/s1. The van der Waals surface area contributed by atoms with Crippen molar-refractivity contribution < 1.29 is 4.79 Å². The van der Waals surface area contributed by atoms with E-state index in [0.717, 1.165) is 89.9 Å². The first kappa shape index (κ1) is 22.4. The Kier molecular flexibility index (Phi) is 5.08. The second kappa shape index (κ2) is 8.38. The number of imidazole rings is 2. The second-order valence-corrected chi connectivity index (χ2v) is 11.0. The van der Waals surface area contributed by atoms with Crippen molar-refractivity contribution in [2.75, 3.05) is 13.1 Å². The lowest BCUT2D eigenvalue weighted by molar-refractivity contribution is -0.119. The number of nitrogens with one attached hydrogen (secondary N) is 3. The Balaban J connectivity index is 1.17. The maximum absolute atomic E-state index is 11.5. The van der Waals surface area contributed by atoms with Gasteiger partial charge in [0, 0.05) is 34.8 Å². The number of rotatable bonds is 5. The molecular formula is C29H31N7O. The molecule has 3 aliphatic rings. The van der Waals surface area contributed by atoms with E-state index in [2.05, 4.69) is 64.4 Å². The van der Waals surface area contributed by atoms with Gasteiger partial charge in [-0.05, 0) is 56.0 Å². The Morgan fingerprint density at radius 3 is 2.68 bits per heavy atom. The summed E-state index contributed by atoms with van der Waals surface area (Å²) in [5, 5.41) is 3.49. The summed E-state index contributed by atoms with van der Waals surface area (Å²) >= 11 is 0. The maximum atomic E-state index is 11.5. The summed E-state index contributed by atoms with van der Waals surface area (Å²) in [4.78, 5) is 34.8. The Morgan fingerprint density at radius 1 is 1.00 bits per heavy atom. The van der Waals surface area contributed by atoms with E-state index in [9.17, 15) is 4.79 Å². The van der Waals surface area contributed by atoms with Gasteiger partial charge in [-0.25, -0.2) is 9.97 Å². The first-order valence-electron chi connectivity index (χ1n) is 13.2. The highest BCUT2D eigenvalue weighted by Crippen LogP contribution is 2.49. The fourth-order valence-corrected chi connectivity index (χ4v) is 6.27. The van der Waals surface area contributed by atoms with Gasteiger partial charge in [0.25, 0.3) is 0 Å². The minimum Gasteiger partial charge on any atom is -0.343 e. The lowest BCUT2D eigenvalue weighted by atomic mass is 9.84. The van der Waals surface area contributed by atoms with E-state index < -0.39 is 0 Å². The number of hydrogen-bond acceptors (Lipinski definition) is 5. The van der Waals surface area contributed by atoms with Crippen molar-refractivity contribution in [2.24, 2.45) is 0 Å². The predicted octanol–water partition coefficient (Wildman–Crippen LogP) is 4.89. The third-order valence-electron chi connectivity index (χ3n) is 8.40. The van der Waals surface area contributed by atoms with Gasteiger partial charge in [-0.15, -0.1) is 0 Å². The molecule has 4 aromatic rings. The molecule has 3 N–H and O–H groups in total. The molecule has 1 amide bonds. The van der Waals surface area contributed by atoms with Crippen LogP contribution in [0.4, 0.5) is 0 Å². The maximum Gasteiger partial charge on any atom is 0.210 e. The molecule has 37 heavy (non-hydrogen) atoms. The molecule has 2 atom stereocenters. The molecule has 1 aliphatic carbocycles. The topological polar surface area (TPSA) is 103 Å². The van der Waals surface area contributed by atoms with E-state index in [1.807, 2.05) is 17.3 Å². The van der Waals surface area contributed by atoms with E-state index >= 15 is 0 Å². The lowest BCUT2D eigenvalue weighted by Gasteiger charge is -2.22. The van der Waals surface area contributed by atoms with Crippen LogP contribution in [0.2, 0.25) is 0 Å². The van der Waals surface area contributed by atoms with Crippen LogP contribution in [0.3, 0.4) is 0 Å². The van der Waals surface area contributed by atoms with Gasteiger partial charge in [-0.2, -0.15) is 0 Å². The number of pyridine rings is 1. The second-order valence-electron chi connectivity index (χ2n) is 11.0. The van der Waals surface area contributed by atoms with Gasteiger partial charge in [0.15, 0.2) is 0 Å². The number of likely N-dealkylation sites (tertiary alicyclic amines) is 1. The third kappa shape index (κ3) is 3.54. The van der Waals surface area contributed by atoms with Crippen molar-refractivity contribution in [3.8, 4) is 33.8 Å². The molecule has 0 radical (unpaired) electrons. The number of fused-ring (bicyclic) bond motifs is 3. The van der Waals surface area contributed by atoms with E-state index in [1.54, 1.807) is 0 Å². The molecule has 0 saturated carbocycles. The summed E-state index contributed by atoms with van der Waals surface area (Å²) in [6.45, 7) is 6.33. The zero-order valence-corrected chi connectivity index (χ0v) is 21.2. The summed E-state index contributed by atoms with van der Waals surface area (Å²) in [6, 6.07) is 11.1. The molecule has 7 rings (SSSR count). The normalized spacial score (nSPS) is 21.8. The highest BCUT2D eigenvalue weighted by Gasteiger charge is 2.40. The van der Waals surface area contributed by atoms with Crippen LogP contribution in [0.25, 0.3) is 33.8 Å². The summed E-state index contributed by atoms with van der Waals surface area (Å²) in [7, 11) is 0. The molecule has 2 fully saturated rings. The molecule has 8 heteroatoms. The first-order valence-corrected chi connectivity index (χ1v) is 13.2. The number of H-pyrrole nitrogens is 2. The molecule has 2 saturated heterocycles. The average Bonchev–Trinajstić information content (AvgIpc) is 3.74. The van der Waals surface area contributed by atoms with Crippen molar-refractivity contribution in [2.45, 2.75) is 57.0 Å². The van der Waals surface area contributed by atoms with Crippen molar-refractivity contribution in [3.05, 3.63) is 65.6 Å². The number of benzene rings is 1. The van der Waals surface area contributed by atoms with Gasteiger partial charge in [0.1, 0.15) is 11.6 Å². The fraction of sp³-hybridized carbons (Fsp3) is 0.379. The van der Waals surface area contributed by atoms with Crippen molar-refractivity contribution in [3.63, 3.8) is 0 Å². The minimum atomic E-state index is -0.211. The van der Waals surface area contributed by atoms with Crippen LogP contribution >= 0.6 is 0 Å². The molecule has 3 aromatic heterocycles. The molecule has 188 valence electrons. The lowest BCUT2D eigenvalue weighted by Crippen LogP contribution is -2.23. The zero-order chi connectivity index (χ0) is 25.1. The van der Waals surface area contributed by atoms with Gasteiger partial charge in [0.05, 0.1) is 41.1 Å². The monoisotopic (exact) mass is 493 g/mol. The number of hydrogen-bond donors (Lipinski definition) is 3. The van der Waals surface area contributed by atoms with Gasteiger partial charge in [-0.1, -0.05) is 26.0 Å². The van der Waals surface area contributed by atoms with Gasteiger partial charge >= 0.3 is 0 Å². The smallest absolute Gasteiger partial charge is 0.210 e. The van der Waals surface area contributed by atoms with E-state index in [-0.39, 0.29) is 11.5 Å². The Morgan fingerprint density at radius 2 is 1.89 bits per heavy atom. The fourth-order valence-electron chi connectivity index (χ4n) is 6.27. The number of carbonyl (C=O) groups is 1. The van der Waals surface area contributed by atoms with Crippen LogP contribution in [-0.2, 0) is 10.2 Å². The summed E-state index contributed by atoms with van der Waals surface area (Å²) < 4.78 is 0. The van der Waals surface area contributed by atoms with Crippen LogP contribution in [0.15, 0.2) is 42.7 Å². The molecule has 0 unspecified atom stereocenters. The van der Waals surface area contributed by atoms with E-state index in [1.165, 1.54) is 12.0 Å². The van der Waals surface area contributed by atoms with Crippen LogP contribution in [0.5, 0.6) is 0 Å². The quantitative estimate of drug-likeness (QED) is 0.344. The highest BCUT2D eigenvalue weighted by atomic mass is 16.1. The van der Waals surface area contributed by atoms with Crippen molar-refractivity contribution in [1.82, 2.24) is 35.1 Å². The van der Waals surface area contributed by atoms with Gasteiger partial charge in [0.2, 0.25) is 6.41 Å². The number of carbonyl (C=O) groups excluding carboxylic acids is 1. The predicted molar refractivity (Wildman–Crippen MR) is 142 cm³/mol. The number of amides is 1. The molecule has 5 heterocycles. The molecule has 0 bridgehead atoms. The van der Waals surface area contributed by atoms with Gasteiger partial charge in [-0.3, -0.25) is 9.78 Å². The summed E-state index contributed by atoms with van der Waals surface area (Å²) in [5.41, 5.74) is 8.39. The molecule has 0 spiro atoms. The SMILES string of the molecule is CC1(C)c2cc(-c3ccc(-c4cnc([C@@H]5CCCN5)[nH]4)cn3)ccc2-c2nc([C@@H]3CCCN3C=O)[nH]c21. The van der Waals surface area contributed by atoms with Crippen LogP contribution in [0, 0.1) is 0 Å². The van der Waals surface area contributed by atoms with Crippen LogP contribution < -0.4 is 5.32 Å². The highest BCUT2D eigenvalue weighted by molar-refractivity contribution is 5.80. The Hall–Kier alpha value is -3.78. The molecule has 8 nitrogen and oxygen atoms in total. The average molecular weight is 494 g/mol. The summed E-state index contributed by atoms with van der Waals surface area (Å²) in [6.07, 6.45) is 9.06. The largest absolute Gasteiger partial charge is 0.343 e. The minimum absolute atomic E-state index is 0.0460. The Bertz CT molecular complexity index is 1480. The third-order valence-corrected chi connectivity index (χ3v) is 8.40. The zero-order valence-electron chi connectivity index (χ0n) is 21.2. The number of aromatic nitrogens is 5. The number of nitrogens with zero attached hydrogens (tertiary/aromatic N) is 4. The number of aromatic amines is 2. The van der Waals surface area contributed by atoms with Crippen molar-refractivity contribution >= 4 is 6.41 Å². The van der Waals surface area contributed by atoms with Crippen LogP contribution in [-0.4, -0.2) is 49.3 Å². The van der Waals surface area contributed by atoms with Crippen molar-refractivity contribution in [1.29, 1.82) is 0 Å². The van der Waals surface area contributed by atoms with E-state index in [0.29, 0.717) is 6.04 Å². The molecule has 1 aromatic carbocycles. The molecular weight excluding hydrogens is 462 g/mol. The van der Waals surface area contributed by atoms with E-state index in [4.69, 9.17) is 9.97 Å².